The quantitative estimate of drug-likeness (QED) is 0.319. The molecule has 0 radical (unpaired) electrons. The fourth-order valence-electron chi connectivity index (χ4n) is 3.68. The van der Waals surface area contributed by atoms with Gasteiger partial charge in [0.05, 0.1) is 17.3 Å². The number of carboxylic acids is 1. The van der Waals surface area contributed by atoms with Crippen LogP contribution in [0.1, 0.15) is 46.9 Å². The minimum atomic E-state index is -1.04. The van der Waals surface area contributed by atoms with E-state index in [-0.39, 0.29) is 11.8 Å². The highest BCUT2D eigenvalue weighted by atomic mass is 35.5. The molecule has 2 N–H and O–H groups in total. The largest absolute Gasteiger partial charge is 0.489 e. The number of hydrogen-bond donors (Lipinski definition) is 2. The molecule has 0 aliphatic heterocycles. The van der Waals surface area contributed by atoms with Gasteiger partial charge in [-0.1, -0.05) is 78.3 Å². The number of carbonyl (C=O) groups is 1. The number of aromatic amines is 1. The number of rotatable bonds is 8. The molecular weight excluding hydrogens is 436 g/mol. The van der Waals surface area contributed by atoms with E-state index in [9.17, 15) is 4.79 Å². The Balaban J connectivity index is 1.59. The maximum absolute atomic E-state index is 11.1. The monoisotopic (exact) mass is 460 g/mol. The molecule has 0 aliphatic carbocycles. The molecule has 0 atom stereocenters. The second-order valence-electron chi connectivity index (χ2n) is 8.16. The minimum Gasteiger partial charge on any atom is -0.489 e. The van der Waals surface area contributed by atoms with Gasteiger partial charge in [0.1, 0.15) is 17.3 Å². The van der Waals surface area contributed by atoms with Gasteiger partial charge < -0.3 is 14.8 Å². The molecule has 168 valence electrons. The zero-order valence-corrected chi connectivity index (χ0v) is 19.3. The van der Waals surface area contributed by atoms with Crippen molar-refractivity contribution in [3.8, 4) is 16.9 Å². The summed E-state index contributed by atoms with van der Waals surface area (Å²) in [5.74, 6) is 0.146. The van der Waals surface area contributed by atoms with Gasteiger partial charge >= 0.3 is 5.97 Å². The van der Waals surface area contributed by atoms with Gasteiger partial charge in [-0.2, -0.15) is 0 Å². The normalized spacial score (nSPS) is 11.0. The van der Waals surface area contributed by atoms with Gasteiger partial charge in [-0.15, -0.1) is 0 Å². The van der Waals surface area contributed by atoms with Crippen molar-refractivity contribution in [3.05, 3.63) is 106 Å². The summed E-state index contributed by atoms with van der Waals surface area (Å²) in [4.78, 5) is 18.1. The number of nitrogens with one attached hydrogen (secondary N) is 1. The zero-order valence-electron chi connectivity index (χ0n) is 18.5. The molecule has 0 bridgehead atoms. The van der Waals surface area contributed by atoms with Crippen molar-refractivity contribution in [2.45, 2.75) is 32.8 Å². The van der Waals surface area contributed by atoms with Gasteiger partial charge in [0.25, 0.3) is 0 Å². The number of halogens is 1. The minimum absolute atomic E-state index is 0.0424. The molecule has 33 heavy (non-hydrogen) atoms. The predicted molar refractivity (Wildman–Crippen MR) is 130 cm³/mol. The maximum Gasteiger partial charge on any atom is 0.353 e. The average molecular weight is 461 g/mol. The summed E-state index contributed by atoms with van der Waals surface area (Å²) >= 11 is 6.77. The Labute approximate surface area is 198 Å². The van der Waals surface area contributed by atoms with Gasteiger partial charge in [-0.25, -0.2) is 9.78 Å². The Morgan fingerprint density at radius 2 is 1.64 bits per heavy atom. The number of benzene rings is 3. The first-order valence-corrected chi connectivity index (χ1v) is 11.2. The van der Waals surface area contributed by atoms with E-state index in [1.807, 2.05) is 44.2 Å². The van der Waals surface area contributed by atoms with Crippen LogP contribution in [0.15, 0.2) is 72.9 Å². The Kier molecular flexibility index (Phi) is 6.80. The Morgan fingerprint density at radius 3 is 2.27 bits per heavy atom. The van der Waals surface area contributed by atoms with E-state index in [0.29, 0.717) is 29.4 Å². The van der Waals surface area contributed by atoms with E-state index < -0.39 is 5.97 Å². The van der Waals surface area contributed by atoms with Gasteiger partial charge in [-0.3, -0.25) is 0 Å². The first-order chi connectivity index (χ1) is 15.9. The first-order valence-electron chi connectivity index (χ1n) is 10.8. The van der Waals surface area contributed by atoms with E-state index >= 15 is 0 Å². The fourth-order valence-corrected chi connectivity index (χ4v) is 3.98. The number of ether oxygens (including phenoxy) is 1. The molecule has 5 nitrogen and oxygen atoms in total. The lowest BCUT2D eigenvalue weighted by Gasteiger charge is -2.18. The topological polar surface area (TPSA) is 75.2 Å². The molecule has 1 aromatic heterocycles. The van der Waals surface area contributed by atoms with Crippen LogP contribution in [-0.2, 0) is 12.8 Å². The van der Waals surface area contributed by atoms with E-state index in [0.717, 1.165) is 16.7 Å². The van der Waals surface area contributed by atoms with Gasteiger partial charge in [-0.05, 0) is 36.1 Å². The number of aromatic carboxylic acids is 1. The number of H-pyrrole nitrogens is 1. The molecule has 0 amide bonds. The maximum atomic E-state index is 11.1. The summed E-state index contributed by atoms with van der Waals surface area (Å²) in [5, 5.41) is 9.63. The third kappa shape index (κ3) is 5.44. The highest BCUT2D eigenvalue weighted by Crippen LogP contribution is 2.35. The van der Waals surface area contributed by atoms with E-state index in [1.165, 1.54) is 17.3 Å². The molecule has 0 fully saturated rings. The second-order valence-corrected chi connectivity index (χ2v) is 8.54. The number of hydrogen-bond acceptors (Lipinski definition) is 3. The number of aromatic nitrogens is 2. The smallest absolute Gasteiger partial charge is 0.353 e. The molecule has 0 aliphatic rings. The van der Waals surface area contributed by atoms with Crippen LogP contribution in [0, 0.1) is 0 Å². The lowest BCUT2D eigenvalue weighted by atomic mass is 9.98. The van der Waals surface area contributed by atoms with Crippen molar-refractivity contribution in [2.75, 3.05) is 0 Å². The Morgan fingerprint density at radius 1 is 0.970 bits per heavy atom. The predicted octanol–water partition coefficient (Wildman–Crippen LogP) is 6.40. The Hall–Kier alpha value is -3.57. The van der Waals surface area contributed by atoms with Crippen molar-refractivity contribution in [3.63, 3.8) is 0 Å². The summed E-state index contributed by atoms with van der Waals surface area (Å²) in [6.45, 7) is 3.93. The van der Waals surface area contributed by atoms with Gasteiger partial charge in [0.2, 0.25) is 0 Å². The summed E-state index contributed by atoms with van der Waals surface area (Å²) in [5.41, 5.74) is 5.38. The van der Waals surface area contributed by atoms with E-state index in [2.05, 4.69) is 46.4 Å². The van der Waals surface area contributed by atoms with E-state index in [1.54, 1.807) is 0 Å². The number of carboxylic acid groups (broad SMARTS) is 1. The highest BCUT2D eigenvalue weighted by molar-refractivity contribution is 6.33. The lowest BCUT2D eigenvalue weighted by Crippen LogP contribution is -2.09. The number of nitrogens with zero attached hydrogens (tertiary/aromatic N) is 1. The van der Waals surface area contributed by atoms with Crippen LogP contribution in [0.4, 0.5) is 0 Å². The van der Waals surface area contributed by atoms with Crippen molar-refractivity contribution in [1.29, 1.82) is 0 Å². The first kappa shape index (κ1) is 22.6. The van der Waals surface area contributed by atoms with E-state index in [4.69, 9.17) is 21.4 Å². The third-order valence-electron chi connectivity index (χ3n) is 5.28. The van der Waals surface area contributed by atoms with Crippen LogP contribution < -0.4 is 4.74 Å². The van der Waals surface area contributed by atoms with Gasteiger partial charge in [0.15, 0.2) is 0 Å². The average Bonchev–Trinajstić information content (AvgIpc) is 3.28. The zero-order chi connectivity index (χ0) is 23.4. The molecule has 0 spiro atoms. The summed E-state index contributed by atoms with van der Waals surface area (Å²) in [7, 11) is 0. The molecule has 0 saturated carbocycles. The van der Waals surface area contributed by atoms with Crippen LogP contribution in [0.25, 0.3) is 11.1 Å². The van der Waals surface area contributed by atoms with Crippen LogP contribution in [0.3, 0.4) is 0 Å². The van der Waals surface area contributed by atoms with Crippen molar-refractivity contribution >= 4 is 17.6 Å². The summed E-state index contributed by atoms with van der Waals surface area (Å²) in [6.07, 6.45) is 2.33. The molecule has 4 rings (SSSR count). The van der Waals surface area contributed by atoms with Crippen molar-refractivity contribution in [1.82, 2.24) is 9.97 Å². The van der Waals surface area contributed by atoms with Crippen molar-refractivity contribution < 1.29 is 14.6 Å². The fraction of sp³-hybridized carbons (Fsp3) is 0.185. The molecule has 6 heteroatoms. The Bertz CT molecular complexity index is 1250. The SMILES string of the molecule is CC(C)Oc1c(Cc2ccc(-c3ccccc3)cc2)ccc(Cc2ncc(C(=O)O)[nH]2)c1Cl. The molecule has 3 aromatic carbocycles. The van der Waals surface area contributed by atoms with Crippen LogP contribution in [0.5, 0.6) is 5.75 Å². The van der Waals surface area contributed by atoms with Crippen LogP contribution in [0.2, 0.25) is 5.02 Å². The lowest BCUT2D eigenvalue weighted by molar-refractivity contribution is 0.0691. The molecular formula is C27H25ClN2O3. The van der Waals surface area contributed by atoms with Crippen LogP contribution in [-0.4, -0.2) is 27.1 Å². The molecule has 0 unspecified atom stereocenters. The highest BCUT2D eigenvalue weighted by Gasteiger charge is 2.17. The molecule has 0 saturated heterocycles. The summed E-state index contributed by atoms with van der Waals surface area (Å²) < 4.78 is 6.11. The van der Waals surface area contributed by atoms with Crippen LogP contribution >= 0.6 is 11.6 Å². The summed E-state index contributed by atoms with van der Waals surface area (Å²) in [6, 6.07) is 22.7. The standard InChI is InChI=1S/C27H25ClN2O3/c1-17(2)33-26-22(14-18-8-10-20(11-9-18)19-6-4-3-5-7-19)13-12-21(25(26)28)15-24-29-16-23(30-24)27(31)32/h3-13,16-17H,14-15H2,1-2H3,(H,29,30)(H,31,32). The van der Waals surface area contributed by atoms with Crippen molar-refractivity contribution in [2.24, 2.45) is 0 Å². The number of imidazole rings is 1. The third-order valence-corrected chi connectivity index (χ3v) is 5.70. The van der Waals surface area contributed by atoms with Gasteiger partial charge in [0, 0.05) is 18.4 Å². The second kappa shape index (κ2) is 9.92. The molecule has 1 heterocycles. The molecule has 4 aromatic rings.